The number of carboxylic acid groups (broad SMARTS) is 1. The molecule has 1 aliphatic rings. The van der Waals surface area contributed by atoms with Crippen molar-refractivity contribution in [1.82, 2.24) is 0 Å². The lowest BCUT2D eigenvalue weighted by atomic mass is 9.94. The topological polar surface area (TPSA) is 57.6 Å². The van der Waals surface area contributed by atoms with Gasteiger partial charge >= 0.3 is 5.97 Å². The molecule has 1 aliphatic heterocycles. The zero-order valence-corrected chi connectivity index (χ0v) is 15.1. The summed E-state index contributed by atoms with van der Waals surface area (Å²) >= 11 is 3.55. The Morgan fingerprint density at radius 3 is 2.67 bits per heavy atom. The second-order valence-corrected chi connectivity index (χ2v) is 6.81. The number of hydrogen-bond acceptors (Lipinski definition) is 3. The molecule has 1 unspecified atom stereocenters. The summed E-state index contributed by atoms with van der Waals surface area (Å²) in [5.74, 6) is -1.64. The first-order valence-electron chi connectivity index (χ1n) is 7.87. The zero-order valence-electron chi connectivity index (χ0n) is 13.5. The Morgan fingerprint density at radius 2 is 2.00 bits per heavy atom. The number of fused-ring (bicyclic) bond motifs is 2. The van der Waals surface area contributed by atoms with E-state index in [1.165, 1.54) is 0 Å². The van der Waals surface area contributed by atoms with Crippen LogP contribution >= 0.6 is 15.9 Å². The number of hydrogen-bond donors (Lipinski definition) is 1. The molecule has 0 aromatic heterocycles. The Bertz CT molecular complexity index is 831. The van der Waals surface area contributed by atoms with Gasteiger partial charge in [-0.1, -0.05) is 24.3 Å². The summed E-state index contributed by atoms with van der Waals surface area (Å²) in [6, 6.07) is 11.1. The second kappa shape index (κ2) is 6.40. The lowest BCUT2D eigenvalue weighted by Gasteiger charge is -2.25. The lowest BCUT2D eigenvalue weighted by molar-refractivity contribution is -0.138. The van der Waals surface area contributed by atoms with E-state index in [0.29, 0.717) is 23.2 Å². The molecule has 1 heterocycles. The van der Waals surface area contributed by atoms with Gasteiger partial charge < -0.3 is 10.0 Å². The first kappa shape index (κ1) is 16.7. The Labute approximate surface area is 149 Å². The molecule has 0 radical (unpaired) electrons. The molecule has 1 atom stereocenters. The van der Waals surface area contributed by atoms with E-state index in [0.717, 1.165) is 22.3 Å². The Morgan fingerprint density at radius 1 is 1.29 bits per heavy atom. The first-order valence-corrected chi connectivity index (χ1v) is 8.67. The van der Waals surface area contributed by atoms with Gasteiger partial charge in [-0.2, -0.15) is 0 Å². The second-order valence-electron chi connectivity index (χ2n) is 5.96. The summed E-state index contributed by atoms with van der Waals surface area (Å²) < 4.78 is 0.756. The smallest absolute Gasteiger partial charge is 0.310 e. The standard InChI is InChI=1S/C19H18BrNO3/c1-3-21-10-12-6-4-5-7-14(12)18(22)15-8-13(11(2)19(23)24)9-16(20)17(15)21/h4-9,11H,3,10H2,1-2H3,(H,23,24). The zero-order chi connectivity index (χ0) is 17.4. The van der Waals surface area contributed by atoms with Crippen molar-refractivity contribution in [2.45, 2.75) is 26.3 Å². The molecule has 124 valence electrons. The Hall–Kier alpha value is -2.14. The number of ketones is 1. The highest BCUT2D eigenvalue weighted by molar-refractivity contribution is 9.10. The molecule has 3 rings (SSSR count). The van der Waals surface area contributed by atoms with Gasteiger partial charge in [-0.15, -0.1) is 0 Å². The molecular formula is C19H18BrNO3. The molecule has 5 heteroatoms. The van der Waals surface area contributed by atoms with Crippen LogP contribution in [0.2, 0.25) is 0 Å². The van der Waals surface area contributed by atoms with E-state index < -0.39 is 11.9 Å². The van der Waals surface area contributed by atoms with E-state index >= 15 is 0 Å². The van der Waals surface area contributed by atoms with Gasteiger partial charge in [-0.05, 0) is 53.0 Å². The van der Waals surface area contributed by atoms with E-state index in [2.05, 4.69) is 20.8 Å². The monoisotopic (exact) mass is 387 g/mol. The third kappa shape index (κ3) is 2.73. The average Bonchev–Trinajstić information content (AvgIpc) is 2.69. The molecule has 2 aromatic carbocycles. The van der Waals surface area contributed by atoms with Crippen LogP contribution in [0.1, 0.15) is 46.8 Å². The third-order valence-electron chi connectivity index (χ3n) is 4.52. The van der Waals surface area contributed by atoms with Gasteiger partial charge in [0, 0.05) is 28.7 Å². The van der Waals surface area contributed by atoms with Crippen LogP contribution in [0.5, 0.6) is 0 Å². The lowest BCUT2D eigenvalue weighted by Crippen LogP contribution is -2.23. The van der Waals surface area contributed by atoms with Crippen molar-refractivity contribution in [3.63, 3.8) is 0 Å². The summed E-state index contributed by atoms with van der Waals surface area (Å²) in [5.41, 5.74) is 3.68. The number of nitrogens with zero attached hydrogens (tertiary/aromatic N) is 1. The predicted octanol–water partition coefficient (Wildman–Crippen LogP) is 4.21. The van der Waals surface area contributed by atoms with Crippen molar-refractivity contribution >= 4 is 33.4 Å². The van der Waals surface area contributed by atoms with Crippen LogP contribution in [0.3, 0.4) is 0 Å². The van der Waals surface area contributed by atoms with Crippen LogP contribution in [0.25, 0.3) is 0 Å². The molecule has 4 nitrogen and oxygen atoms in total. The molecule has 0 bridgehead atoms. The Kier molecular flexibility index (Phi) is 4.45. The maximum Gasteiger partial charge on any atom is 0.310 e. The molecular weight excluding hydrogens is 370 g/mol. The van der Waals surface area contributed by atoms with Gasteiger partial charge in [0.1, 0.15) is 0 Å². The summed E-state index contributed by atoms with van der Waals surface area (Å²) in [5, 5.41) is 9.30. The number of carboxylic acids is 1. The van der Waals surface area contributed by atoms with Crippen molar-refractivity contribution in [3.8, 4) is 0 Å². The van der Waals surface area contributed by atoms with Crippen LogP contribution < -0.4 is 4.90 Å². The molecule has 0 aliphatic carbocycles. The minimum Gasteiger partial charge on any atom is -0.481 e. The molecule has 0 spiro atoms. The van der Waals surface area contributed by atoms with E-state index in [1.807, 2.05) is 37.3 Å². The maximum absolute atomic E-state index is 13.1. The maximum atomic E-state index is 13.1. The minimum atomic E-state index is -0.907. The third-order valence-corrected chi connectivity index (χ3v) is 5.13. The highest BCUT2D eigenvalue weighted by Gasteiger charge is 2.28. The molecule has 2 aromatic rings. The average molecular weight is 388 g/mol. The largest absolute Gasteiger partial charge is 0.481 e. The van der Waals surface area contributed by atoms with Crippen LogP contribution in [0.4, 0.5) is 5.69 Å². The van der Waals surface area contributed by atoms with Crippen molar-refractivity contribution in [3.05, 3.63) is 63.1 Å². The van der Waals surface area contributed by atoms with Crippen LogP contribution in [-0.4, -0.2) is 23.4 Å². The van der Waals surface area contributed by atoms with Gasteiger partial charge in [-0.25, -0.2) is 0 Å². The quantitative estimate of drug-likeness (QED) is 0.856. The first-order chi connectivity index (χ1) is 11.4. The molecule has 0 saturated carbocycles. The summed E-state index contributed by atoms with van der Waals surface area (Å²) in [4.78, 5) is 26.6. The minimum absolute atomic E-state index is 0.0586. The molecule has 0 fully saturated rings. The summed E-state index contributed by atoms with van der Waals surface area (Å²) in [6.07, 6.45) is 0. The van der Waals surface area contributed by atoms with Crippen LogP contribution in [0.15, 0.2) is 40.9 Å². The number of carbonyl (C=O) groups is 2. The van der Waals surface area contributed by atoms with E-state index in [9.17, 15) is 14.7 Å². The number of carbonyl (C=O) groups excluding carboxylic acids is 1. The molecule has 0 amide bonds. The fourth-order valence-electron chi connectivity index (χ4n) is 3.09. The van der Waals surface area contributed by atoms with Crippen molar-refractivity contribution in [2.24, 2.45) is 0 Å². The Balaban J connectivity index is 2.25. The van der Waals surface area contributed by atoms with Crippen molar-refractivity contribution in [1.29, 1.82) is 0 Å². The molecule has 0 saturated heterocycles. The fraction of sp³-hybridized carbons (Fsp3) is 0.263. The van der Waals surface area contributed by atoms with Crippen molar-refractivity contribution in [2.75, 3.05) is 11.4 Å². The number of halogens is 1. The highest BCUT2D eigenvalue weighted by atomic mass is 79.9. The normalized spacial score (nSPS) is 14.6. The van der Waals surface area contributed by atoms with Gasteiger partial charge in [0.2, 0.25) is 0 Å². The van der Waals surface area contributed by atoms with E-state index in [4.69, 9.17) is 0 Å². The van der Waals surface area contributed by atoms with Crippen molar-refractivity contribution < 1.29 is 14.7 Å². The van der Waals surface area contributed by atoms with Crippen LogP contribution in [0, 0.1) is 0 Å². The summed E-state index contributed by atoms with van der Waals surface area (Å²) in [6.45, 7) is 5.07. The predicted molar refractivity (Wildman–Crippen MR) is 96.8 cm³/mol. The number of benzene rings is 2. The van der Waals surface area contributed by atoms with E-state index in [-0.39, 0.29) is 5.78 Å². The number of rotatable bonds is 3. The van der Waals surface area contributed by atoms with Gasteiger partial charge in [0.05, 0.1) is 11.6 Å². The van der Waals surface area contributed by atoms with Gasteiger partial charge in [-0.3, -0.25) is 9.59 Å². The van der Waals surface area contributed by atoms with E-state index in [1.54, 1.807) is 13.0 Å². The SMILES string of the molecule is CCN1Cc2ccccc2C(=O)c2cc(C(C)C(=O)O)cc(Br)c21. The number of anilines is 1. The van der Waals surface area contributed by atoms with Gasteiger partial charge in [0.25, 0.3) is 0 Å². The fourth-order valence-corrected chi connectivity index (χ4v) is 3.82. The summed E-state index contributed by atoms with van der Waals surface area (Å²) in [7, 11) is 0. The highest BCUT2D eigenvalue weighted by Crippen LogP contribution is 2.38. The molecule has 1 N–H and O–H groups in total. The number of aliphatic carboxylic acids is 1. The van der Waals surface area contributed by atoms with Gasteiger partial charge in [0.15, 0.2) is 5.78 Å². The van der Waals surface area contributed by atoms with Crippen LogP contribution in [-0.2, 0) is 11.3 Å². The molecule has 24 heavy (non-hydrogen) atoms.